The zero-order chi connectivity index (χ0) is 36.4. The lowest BCUT2D eigenvalue weighted by Gasteiger charge is -2.34. The molecule has 4 rings (SSSR count). The van der Waals surface area contributed by atoms with Crippen LogP contribution in [0.2, 0.25) is 15.1 Å². The number of hydrogen-bond acceptors (Lipinski definition) is 7. The molecule has 4 aromatic carbocycles. The fraction of sp³-hybridized carbons (Fsp3) is 0.278. The van der Waals surface area contributed by atoms with E-state index in [1.807, 2.05) is 37.3 Å². The molecular weight excluding hydrogens is 725 g/mol. The molecule has 266 valence electrons. The molecule has 0 saturated carbocycles. The first-order valence-corrected chi connectivity index (χ1v) is 18.1. The van der Waals surface area contributed by atoms with Crippen molar-refractivity contribution in [3.8, 4) is 17.2 Å². The number of nitrogens with zero attached hydrogens (tertiary/aromatic N) is 2. The predicted octanol–water partition coefficient (Wildman–Crippen LogP) is 7.03. The monoisotopic (exact) mass is 761 g/mol. The van der Waals surface area contributed by atoms with E-state index in [-0.39, 0.29) is 45.1 Å². The van der Waals surface area contributed by atoms with Crippen LogP contribution in [0.25, 0.3) is 0 Å². The molecule has 0 aliphatic rings. The minimum absolute atomic E-state index is 0.00246. The lowest BCUT2D eigenvalue weighted by Crippen LogP contribution is -2.53. The van der Waals surface area contributed by atoms with Gasteiger partial charge in [0.1, 0.15) is 18.3 Å². The van der Waals surface area contributed by atoms with E-state index in [1.165, 1.54) is 68.7 Å². The predicted molar refractivity (Wildman–Crippen MR) is 196 cm³/mol. The van der Waals surface area contributed by atoms with Crippen LogP contribution in [0, 0.1) is 0 Å². The van der Waals surface area contributed by atoms with Crippen molar-refractivity contribution >= 4 is 62.3 Å². The average molecular weight is 763 g/mol. The third kappa shape index (κ3) is 9.33. The molecule has 1 unspecified atom stereocenters. The highest BCUT2D eigenvalue weighted by atomic mass is 35.5. The van der Waals surface area contributed by atoms with Crippen molar-refractivity contribution in [3.05, 3.63) is 111 Å². The maximum Gasteiger partial charge on any atom is 0.265 e. The summed E-state index contributed by atoms with van der Waals surface area (Å²) in [7, 11) is -0.345. The van der Waals surface area contributed by atoms with E-state index in [2.05, 4.69) is 5.32 Å². The number of halogens is 3. The maximum absolute atomic E-state index is 14.8. The van der Waals surface area contributed by atoms with Crippen molar-refractivity contribution in [1.29, 1.82) is 0 Å². The van der Waals surface area contributed by atoms with E-state index in [4.69, 9.17) is 49.0 Å². The van der Waals surface area contributed by atoms with Gasteiger partial charge < -0.3 is 24.4 Å². The molecule has 0 fully saturated rings. The standard InChI is InChI=1S/C36H38Cl3N3O7S/c1-5-17-40-36(44)31(18-24-9-7-6-8-10-24)41(22-25-11-12-26(37)19-29(25)39)35(43)23-42(30-20-27(38)13-15-32(30)47-2)50(45,46)28-14-16-33(48-3)34(21-28)49-4/h6-16,19-21,31H,5,17-18,22-23H2,1-4H3,(H,40,44). The Balaban J connectivity index is 1.89. The molecule has 4 aromatic rings. The van der Waals surface area contributed by atoms with Gasteiger partial charge in [-0.25, -0.2) is 8.42 Å². The van der Waals surface area contributed by atoms with Gasteiger partial charge in [-0.3, -0.25) is 13.9 Å². The maximum atomic E-state index is 14.8. The number of carbonyl (C=O) groups excluding carboxylic acids is 2. The Morgan fingerprint density at radius 1 is 0.800 bits per heavy atom. The van der Waals surface area contributed by atoms with Crippen molar-refractivity contribution in [2.75, 3.05) is 38.7 Å². The Kier molecular flexibility index (Phi) is 13.7. The summed E-state index contributed by atoms with van der Waals surface area (Å²) < 4.78 is 46.3. The van der Waals surface area contributed by atoms with Crippen molar-refractivity contribution in [3.63, 3.8) is 0 Å². The van der Waals surface area contributed by atoms with Gasteiger partial charge in [0.2, 0.25) is 11.8 Å². The van der Waals surface area contributed by atoms with Crippen LogP contribution < -0.4 is 23.8 Å². The number of ether oxygens (including phenoxy) is 3. The molecular formula is C36H38Cl3N3O7S. The molecule has 0 radical (unpaired) electrons. The van der Waals surface area contributed by atoms with Crippen LogP contribution in [0.1, 0.15) is 24.5 Å². The molecule has 0 bridgehead atoms. The minimum atomic E-state index is -4.53. The molecule has 0 spiro atoms. The second-order valence-electron chi connectivity index (χ2n) is 11.1. The quantitative estimate of drug-likeness (QED) is 0.130. The first-order chi connectivity index (χ1) is 23.9. The van der Waals surface area contributed by atoms with Gasteiger partial charge in [-0.15, -0.1) is 0 Å². The van der Waals surface area contributed by atoms with Crippen LogP contribution in [-0.4, -0.2) is 65.6 Å². The molecule has 2 amide bonds. The van der Waals surface area contributed by atoms with Crippen molar-refractivity contribution < 1.29 is 32.2 Å². The smallest absolute Gasteiger partial charge is 0.265 e. The third-order valence-electron chi connectivity index (χ3n) is 7.81. The van der Waals surface area contributed by atoms with Crippen LogP contribution >= 0.6 is 34.8 Å². The van der Waals surface area contributed by atoms with Crippen LogP contribution in [0.15, 0.2) is 89.8 Å². The molecule has 0 aliphatic heterocycles. The van der Waals surface area contributed by atoms with E-state index >= 15 is 0 Å². The van der Waals surface area contributed by atoms with Crippen LogP contribution in [-0.2, 0) is 32.6 Å². The summed E-state index contributed by atoms with van der Waals surface area (Å²) in [5, 5.41) is 3.77. The number of sulfonamides is 1. The summed E-state index contributed by atoms with van der Waals surface area (Å²) in [6.45, 7) is 1.40. The third-order valence-corrected chi connectivity index (χ3v) is 10.4. The van der Waals surface area contributed by atoms with Gasteiger partial charge in [0, 0.05) is 40.6 Å². The van der Waals surface area contributed by atoms with E-state index < -0.39 is 34.4 Å². The van der Waals surface area contributed by atoms with Gasteiger partial charge in [0.15, 0.2) is 11.5 Å². The molecule has 0 saturated heterocycles. The van der Waals surface area contributed by atoms with E-state index in [1.54, 1.807) is 12.1 Å². The highest BCUT2D eigenvalue weighted by Crippen LogP contribution is 2.37. The lowest BCUT2D eigenvalue weighted by molar-refractivity contribution is -0.140. The number of anilines is 1. The van der Waals surface area contributed by atoms with Crippen molar-refractivity contribution in [1.82, 2.24) is 10.2 Å². The van der Waals surface area contributed by atoms with Gasteiger partial charge in [-0.05, 0) is 60.0 Å². The summed E-state index contributed by atoms with van der Waals surface area (Å²) in [6.07, 6.45) is 0.795. The molecule has 1 N–H and O–H groups in total. The fourth-order valence-corrected chi connectivity index (χ4v) is 7.30. The summed E-state index contributed by atoms with van der Waals surface area (Å²) in [5.41, 5.74) is 1.29. The Hall–Kier alpha value is -4.16. The zero-order valence-corrected chi connectivity index (χ0v) is 31.1. The van der Waals surface area contributed by atoms with E-state index in [0.717, 1.165) is 9.87 Å². The van der Waals surface area contributed by atoms with Crippen LogP contribution in [0.5, 0.6) is 17.2 Å². The summed E-state index contributed by atoms with van der Waals surface area (Å²) >= 11 is 19.1. The summed E-state index contributed by atoms with van der Waals surface area (Å²) in [4.78, 5) is 29.8. The Labute approximate surface area is 307 Å². The van der Waals surface area contributed by atoms with Crippen molar-refractivity contribution in [2.24, 2.45) is 0 Å². The van der Waals surface area contributed by atoms with E-state index in [9.17, 15) is 18.0 Å². The first-order valence-electron chi connectivity index (χ1n) is 15.6. The zero-order valence-electron chi connectivity index (χ0n) is 28.0. The highest BCUT2D eigenvalue weighted by Gasteiger charge is 2.36. The first kappa shape index (κ1) is 38.6. The van der Waals surface area contributed by atoms with Gasteiger partial charge in [-0.2, -0.15) is 0 Å². The molecule has 1 atom stereocenters. The molecule has 0 heterocycles. The highest BCUT2D eigenvalue weighted by molar-refractivity contribution is 7.92. The number of amides is 2. The molecule has 0 aromatic heterocycles. The SMILES string of the molecule is CCCNC(=O)C(Cc1ccccc1)N(Cc1ccc(Cl)cc1Cl)C(=O)CN(c1cc(Cl)ccc1OC)S(=O)(=O)c1ccc(OC)c(OC)c1. The molecule has 0 aliphatic carbocycles. The Morgan fingerprint density at radius 3 is 2.08 bits per heavy atom. The molecule has 14 heteroatoms. The average Bonchev–Trinajstić information content (AvgIpc) is 3.11. The van der Waals surface area contributed by atoms with Crippen LogP contribution in [0.4, 0.5) is 5.69 Å². The van der Waals surface area contributed by atoms with Crippen LogP contribution in [0.3, 0.4) is 0 Å². The second-order valence-corrected chi connectivity index (χ2v) is 14.2. The number of methoxy groups -OCH3 is 3. The number of carbonyl (C=O) groups is 2. The van der Waals surface area contributed by atoms with E-state index in [0.29, 0.717) is 29.3 Å². The summed E-state index contributed by atoms with van der Waals surface area (Å²) in [5.74, 6) is -0.506. The number of hydrogen-bond donors (Lipinski definition) is 1. The van der Waals surface area contributed by atoms with Gasteiger partial charge >= 0.3 is 0 Å². The number of benzene rings is 4. The van der Waals surface area contributed by atoms with Crippen molar-refractivity contribution in [2.45, 2.75) is 37.2 Å². The molecule has 50 heavy (non-hydrogen) atoms. The van der Waals surface area contributed by atoms with Gasteiger partial charge in [-0.1, -0.05) is 78.1 Å². The minimum Gasteiger partial charge on any atom is -0.495 e. The topological polar surface area (TPSA) is 114 Å². The largest absolute Gasteiger partial charge is 0.495 e. The Bertz CT molecular complexity index is 1910. The number of nitrogens with one attached hydrogen (secondary N) is 1. The Morgan fingerprint density at radius 2 is 1.44 bits per heavy atom. The number of rotatable bonds is 16. The summed E-state index contributed by atoms with van der Waals surface area (Å²) in [6, 6.07) is 21.5. The molecule has 10 nitrogen and oxygen atoms in total. The normalized spacial score (nSPS) is 11.7. The fourth-order valence-electron chi connectivity index (χ4n) is 5.23. The second kappa shape index (κ2) is 17.7. The lowest BCUT2D eigenvalue weighted by atomic mass is 10.0. The van der Waals surface area contributed by atoms with Gasteiger partial charge in [0.25, 0.3) is 10.0 Å². The van der Waals surface area contributed by atoms with Gasteiger partial charge in [0.05, 0.1) is 31.9 Å².